The Morgan fingerprint density at radius 3 is 2.31 bits per heavy atom. The van der Waals surface area contributed by atoms with E-state index in [2.05, 4.69) is 10.1 Å². The fourth-order valence-corrected chi connectivity index (χ4v) is 2.56. The monoisotopic (exact) mass is 443 g/mol. The Labute approximate surface area is 178 Å². The first-order chi connectivity index (χ1) is 15.1. The lowest BCUT2D eigenvalue weighted by Gasteiger charge is -2.09. The average molecular weight is 443 g/mol. The van der Waals surface area contributed by atoms with Gasteiger partial charge in [0.1, 0.15) is 28.9 Å². The van der Waals surface area contributed by atoms with Crippen molar-refractivity contribution in [2.45, 2.75) is 6.36 Å². The van der Waals surface area contributed by atoms with Gasteiger partial charge in [0.25, 0.3) is 11.6 Å². The van der Waals surface area contributed by atoms with Crippen molar-refractivity contribution in [1.82, 2.24) is 0 Å². The molecule has 1 aromatic heterocycles. The van der Waals surface area contributed by atoms with Crippen LogP contribution >= 0.6 is 0 Å². The van der Waals surface area contributed by atoms with Crippen LogP contribution in [0.5, 0.6) is 5.75 Å². The molecule has 32 heavy (non-hydrogen) atoms. The number of nitrogens with one attached hydrogen (secondary N) is 1. The van der Waals surface area contributed by atoms with Crippen LogP contribution in [-0.2, 0) is 4.79 Å². The van der Waals surface area contributed by atoms with Crippen molar-refractivity contribution < 1.29 is 32.0 Å². The summed E-state index contributed by atoms with van der Waals surface area (Å²) >= 11 is 0. The minimum Gasteiger partial charge on any atom is -0.457 e. The predicted octanol–water partition coefficient (Wildman–Crippen LogP) is 5.30. The quantitative estimate of drug-likeness (QED) is 0.239. The minimum atomic E-state index is -4.84. The van der Waals surface area contributed by atoms with Gasteiger partial charge in [0.2, 0.25) is 0 Å². The molecule has 2 aromatic carbocycles. The van der Waals surface area contributed by atoms with E-state index in [0.29, 0.717) is 11.3 Å². The highest BCUT2D eigenvalue weighted by atomic mass is 19.4. The summed E-state index contributed by atoms with van der Waals surface area (Å²) < 4.78 is 45.9. The van der Waals surface area contributed by atoms with Crippen molar-refractivity contribution in [1.29, 1.82) is 5.26 Å². The Hall–Kier alpha value is -4.59. The fraction of sp³-hybridized carbons (Fsp3) is 0.0476. The molecule has 1 N–H and O–H groups in total. The second-order valence-electron chi connectivity index (χ2n) is 6.20. The number of nitriles is 1. The molecule has 0 saturated heterocycles. The van der Waals surface area contributed by atoms with E-state index in [-0.39, 0.29) is 22.7 Å². The van der Waals surface area contributed by atoms with Crippen LogP contribution in [0.1, 0.15) is 5.76 Å². The highest BCUT2D eigenvalue weighted by Gasteiger charge is 2.31. The number of nitro groups is 1. The second-order valence-corrected chi connectivity index (χ2v) is 6.20. The molecule has 0 aliphatic rings. The molecule has 162 valence electrons. The predicted molar refractivity (Wildman–Crippen MR) is 106 cm³/mol. The van der Waals surface area contributed by atoms with Crippen molar-refractivity contribution in [3.8, 4) is 23.1 Å². The molecular formula is C21H12F3N3O5. The Bertz CT molecular complexity index is 1210. The van der Waals surface area contributed by atoms with Crippen LogP contribution in [0.25, 0.3) is 17.4 Å². The van der Waals surface area contributed by atoms with Crippen LogP contribution in [0.3, 0.4) is 0 Å². The lowest BCUT2D eigenvalue weighted by Crippen LogP contribution is -2.17. The maximum atomic E-state index is 12.3. The van der Waals surface area contributed by atoms with Crippen LogP contribution in [0.2, 0.25) is 0 Å². The number of hydrogen-bond acceptors (Lipinski definition) is 6. The Morgan fingerprint density at radius 1 is 1.09 bits per heavy atom. The summed E-state index contributed by atoms with van der Waals surface area (Å²) in [5.74, 6) is -0.714. The van der Waals surface area contributed by atoms with Gasteiger partial charge in [0.05, 0.1) is 4.92 Å². The van der Waals surface area contributed by atoms with Crippen LogP contribution < -0.4 is 10.1 Å². The SMILES string of the molecule is N#C/C(=C\c1ccc(-c2ccc([N+](=O)[O-])cc2)o1)C(=O)Nc1ccc(OC(F)(F)F)cc1. The standard InChI is InChI=1S/C21H12F3N3O5/c22-21(23,24)32-17-7-3-15(4-8-17)26-20(28)14(12-25)11-18-9-10-19(31-18)13-1-5-16(6-2-13)27(29)30/h1-11H,(H,26,28)/b14-11+. The van der Waals surface area contributed by atoms with Crippen molar-refractivity contribution in [3.05, 3.63) is 82.1 Å². The lowest BCUT2D eigenvalue weighted by atomic mass is 10.1. The maximum Gasteiger partial charge on any atom is 0.573 e. The number of carbonyl (C=O) groups excluding carboxylic acids is 1. The second kappa shape index (κ2) is 9.05. The molecule has 0 fully saturated rings. The number of benzene rings is 2. The third kappa shape index (κ3) is 5.73. The third-order valence-electron chi connectivity index (χ3n) is 3.99. The van der Waals surface area contributed by atoms with Gasteiger partial charge in [0, 0.05) is 29.5 Å². The first-order valence-corrected chi connectivity index (χ1v) is 8.78. The molecule has 0 radical (unpaired) electrons. The number of non-ortho nitro benzene ring substituents is 1. The Morgan fingerprint density at radius 2 is 1.75 bits per heavy atom. The minimum absolute atomic E-state index is 0.0816. The number of alkyl halides is 3. The zero-order valence-electron chi connectivity index (χ0n) is 15.9. The Kier molecular flexibility index (Phi) is 6.25. The third-order valence-corrected chi connectivity index (χ3v) is 3.99. The van der Waals surface area contributed by atoms with Gasteiger partial charge in [-0.1, -0.05) is 0 Å². The normalized spacial score (nSPS) is 11.5. The van der Waals surface area contributed by atoms with Crippen molar-refractivity contribution in [2.75, 3.05) is 5.32 Å². The zero-order valence-corrected chi connectivity index (χ0v) is 15.9. The summed E-state index contributed by atoms with van der Waals surface area (Å²) in [4.78, 5) is 22.5. The van der Waals surface area contributed by atoms with Gasteiger partial charge in [-0.3, -0.25) is 14.9 Å². The molecule has 0 unspecified atom stereocenters. The van der Waals surface area contributed by atoms with E-state index in [0.717, 1.165) is 12.1 Å². The number of nitrogens with zero attached hydrogens (tertiary/aromatic N) is 2. The van der Waals surface area contributed by atoms with Gasteiger partial charge in [-0.15, -0.1) is 13.2 Å². The van der Waals surface area contributed by atoms with E-state index >= 15 is 0 Å². The largest absolute Gasteiger partial charge is 0.573 e. The van der Waals surface area contributed by atoms with Crippen molar-refractivity contribution in [3.63, 3.8) is 0 Å². The summed E-state index contributed by atoms with van der Waals surface area (Å²) in [6.07, 6.45) is -3.65. The van der Waals surface area contributed by atoms with Gasteiger partial charge in [-0.05, 0) is 48.5 Å². The molecule has 0 bridgehead atoms. The van der Waals surface area contributed by atoms with E-state index in [4.69, 9.17) is 4.42 Å². The summed E-state index contributed by atoms with van der Waals surface area (Å²) in [6, 6.07) is 14.8. The van der Waals surface area contributed by atoms with E-state index in [1.54, 1.807) is 12.1 Å². The fourth-order valence-electron chi connectivity index (χ4n) is 2.56. The summed E-state index contributed by atoms with van der Waals surface area (Å²) in [7, 11) is 0. The number of ether oxygens (including phenoxy) is 1. The number of hydrogen-bond donors (Lipinski definition) is 1. The van der Waals surface area contributed by atoms with Gasteiger partial charge < -0.3 is 14.5 Å². The smallest absolute Gasteiger partial charge is 0.457 e. The molecule has 0 saturated carbocycles. The maximum absolute atomic E-state index is 12.3. The highest BCUT2D eigenvalue weighted by molar-refractivity contribution is 6.09. The number of furan rings is 1. The molecule has 0 atom stereocenters. The van der Waals surface area contributed by atoms with Crippen LogP contribution in [0.4, 0.5) is 24.5 Å². The number of halogens is 3. The van der Waals surface area contributed by atoms with E-state index < -0.39 is 22.9 Å². The van der Waals surface area contributed by atoms with Crippen molar-refractivity contribution in [2.24, 2.45) is 0 Å². The highest BCUT2D eigenvalue weighted by Crippen LogP contribution is 2.26. The summed E-state index contributed by atoms with van der Waals surface area (Å²) in [5, 5.41) is 22.4. The number of rotatable bonds is 6. The lowest BCUT2D eigenvalue weighted by molar-refractivity contribution is -0.384. The molecule has 0 aliphatic carbocycles. The van der Waals surface area contributed by atoms with Gasteiger partial charge in [-0.25, -0.2) is 0 Å². The molecular weight excluding hydrogens is 431 g/mol. The van der Waals surface area contributed by atoms with E-state index in [1.165, 1.54) is 48.5 Å². The number of amides is 1. The van der Waals surface area contributed by atoms with E-state index in [1.807, 2.05) is 0 Å². The van der Waals surface area contributed by atoms with Crippen LogP contribution in [-0.4, -0.2) is 17.2 Å². The van der Waals surface area contributed by atoms with E-state index in [9.17, 15) is 33.3 Å². The van der Waals surface area contributed by atoms with Crippen LogP contribution in [0.15, 0.2) is 70.7 Å². The average Bonchev–Trinajstić information content (AvgIpc) is 3.21. The molecule has 11 heteroatoms. The number of nitro benzene ring substituents is 1. The van der Waals surface area contributed by atoms with Crippen molar-refractivity contribution >= 4 is 23.4 Å². The molecule has 1 amide bonds. The first kappa shape index (κ1) is 22.1. The summed E-state index contributed by atoms with van der Waals surface area (Å²) in [5.41, 5.74) is 0.308. The zero-order chi connectivity index (χ0) is 23.3. The first-order valence-electron chi connectivity index (χ1n) is 8.78. The molecule has 3 aromatic rings. The molecule has 0 aliphatic heterocycles. The van der Waals surface area contributed by atoms with Gasteiger partial charge in [0.15, 0.2) is 0 Å². The topological polar surface area (TPSA) is 118 Å². The number of anilines is 1. The molecule has 1 heterocycles. The summed E-state index contributed by atoms with van der Waals surface area (Å²) in [6.45, 7) is 0. The number of carbonyl (C=O) groups is 1. The van der Waals surface area contributed by atoms with Gasteiger partial charge >= 0.3 is 6.36 Å². The molecule has 3 rings (SSSR count). The van der Waals surface area contributed by atoms with Gasteiger partial charge in [-0.2, -0.15) is 5.26 Å². The molecule has 8 nitrogen and oxygen atoms in total. The van der Waals surface area contributed by atoms with Crippen LogP contribution in [0, 0.1) is 21.4 Å². The molecule has 0 spiro atoms. The Balaban J connectivity index is 1.71.